The first-order valence-electron chi connectivity index (χ1n) is 3.69. The molecule has 5 nitrogen and oxygen atoms in total. The Labute approximate surface area is 72.4 Å². The Morgan fingerprint density at radius 3 is 2.69 bits per heavy atom. The first-order chi connectivity index (χ1) is 6.20. The molecule has 0 aliphatic rings. The summed E-state index contributed by atoms with van der Waals surface area (Å²) in [5.74, 6) is 5.40. The SMILES string of the molecule is Nn1c(=O)c(=O)[nH]c2ccccc21. The molecular formula is C8H7N3O2. The molecule has 2 rings (SSSR count). The van der Waals surface area contributed by atoms with E-state index in [0.29, 0.717) is 11.0 Å². The average molecular weight is 177 g/mol. The largest absolute Gasteiger partial charge is 0.336 e. The molecule has 1 aromatic carbocycles. The molecule has 0 radical (unpaired) electrons. The fraction of sp³-hybridized carbons (Fsp3) is 0. The topological polar surface area (TPSA) is 80.9 Å². The van der Waals surface area contributed by atoms with Gasteiger partial charge in [0.25, 0.3) is 0 Å². The summed E-state index contributed by atoms with van der Waals surface area (Å²) in [5.41, 5.74) is -0.401. The number of rotatable bonds is 0. The summed E-state index contributed by atoms with van der Waals surface area (Å²) in [6.45, 7) is 0. The number of aromatic nitrogens is 2. The lowest BCUT2D eigenvalue weighted by Crippen LogP contribution is -2.40. The standard InChI is InChI=1S/C8H7N3O2/c9-11-6-4-2-1-3-5(6)10-7(12)8(11)13/h1-4H,9H2,(H,10,12). The van der Waals surface area contributed by atoms with Crippen LogP contribution < -0.4 is 17.0 Å². The van der Waals surface area contributed by atoms with Gasteiger partial charge in [0.1, 0.15) is 0 Å². The molecule has 66 valence electrons. The van der Waals surface area contributed by atoms with E-state index >= 15 is 0 Å². The van der Waals surface area contributed by atoms with Crippen molar-refractivity contribution >= 4 is 11.0 Å². The molecular weight excluding hydrogens is 170 g/mol. The molecule has 5 heteroatoms. The Hall–Kier alpha value is -2.04. The second-order valence-corrected chi connectivity index (χ2v) is 2.65. The minimum absolute atomic E-state index is 0.507. The van der Waals surface area contributed by atoms with Gasteiger partial charge in [-0.2, -0.15) is 0 Å². The molecule has 0 saturated carbocycles. The van der Waals surface area contributed by atoms with Crippen LogP contribution in [0.1, 0.15) is 0 Å². The van der Waals surface area contributed by atoms with Crippen molar-refractivity contribution in [1.82, 2.24) is 9.66 Å². The minimum Gasteiger partial charge on any atom is -0.336 e. The predicted octanol–water partition coefficient (Wildman–Crippen LogP) is -0.596. The molecule has 0 aliphatic carbocycles. The molecule has 0 aliphatic heterocycles. The number of hydrogen-bond donors (Lipinski definition) is 2. The molecule has 0 fully saturated rings. The van der Waals surface area contributed by atoms with E-state index in [4.69, 9.17) is 5.84 Å². The number of para-hydroxylation sites is 2. The van der Waals surface area contributed by atoms with E-state index in [0.717, 1.165) is 4.68 Å². The van der Waals surface area contributed by atoms with E-state index in [-0.39, 0.29) is 0 Å². The van der Waals surface area contributed by atoms with E-state index in [2.05, 4.69) is 4.98 Å². The highest BCUT2D eigenvalue weighted by atomic mass is 16.2. The molecule has 0 atom stereocenters. The zero-order valence-corrected chi connectivity index (χ0v) is 6.65. The number of nitrogen functional groups attached to an aromatic ring is 1. The van der Waals surface area contributed by atoms with Gasteiger partial charge >= 0.3 is 11.1 Å². The molecule has 1 aromatic heterocycles. The number of nitrogens with zero attached hydrogens (tertiary/aromatic N) is 1. The van der Waals surface area contributed by atoms with E-state index in [1.165, 1.54) is 0 Å². The third-order valence-electron chi connectivity index (χ3n) is 1.82. The van der Waals surface area contributed by atoms with E-state index in [1.807, 2.05) is 0 Å². The van der Waals surface area contributed by atoms with Crippen LogP contribution in [-0.2, 0) is 0 Å². The van der Waals surface area contributed by atoms with E-state index in [1.54, 1.807) is 24.3 Å². The van der Waals surface area contributed by atoms with Crippen molar-refractivity contribution in [2.24, 2.45) is 0 Å². The summed E-state index contributed by atoms with van der Waals surface area (Å²) < 4.78 is 0.841. The van der Waals surface area contributed by atoms with Crippen LogP contribution in [0.15, 0.2) is 33.9 Å². The molecule has 0 unspecified atom stereocenters. The van der Waals surface area contributed by atoms with Crippen LogP contribution in [0.4, 0.5) is 0 Å². The van der Waals surface area contributed by atoms with Gasteiger partial charge in [-0.05, 0) is 12.1 Å². The van der Waals surface area contributed by atoms with Crippen molar-refractivity contribution in [3.8, 4) is 0 Å². The maximum Gasteiger partial charge on any atom is 0.334 e. The van der Waals surface area contributed by atoms with Gasteiger partial charge < -0.3 is 10.8 Å². The van der Waals surface area contributed by atoms with Crippen LogP contribution in [0, 0.1) is 0 Å². The Morgan fingerprint density at radius 2 is 1.92 bits per heavy atom. The molecule has 0 spiro atoms. The Kier molecular flexibility index (Phi) is 1.45. The molecule has 0 saturated heterocycles. The van der Waals surface area contributed by atoms with Gasteiger partial charge in [0.05, 0.1) is 11.0 Å². The van der Waals surface area contributed by atoms with Crippen molar-refractivity contribution in [2.75, 3.05) is 5.84 Å². The van der Waals surface area contributed by atoms with Gasteiger partial charge in [0, 0.05) is 0 Å². The van der Waals surface area contributed by atoms with Crippen LogP contribution in [0.5, 0.6) is 0 Å². The number of aromatic amines is 1. The summed E-state index contributed by atoms with van der Waals surface area (Å²) >= 11 is 0. The lowest BCUT2D eigenvalue weighted by molar-refractivity contribution is 0.942. The second-order valence-electron chi connectivity index (χ2n) is 2.65. The van der Waals surface area contributed by atoms with Crippen LogP contribution >= 0.6 is 0 Å². The predicted molar refractivity (Wildman–Crippen MR) is 49.0 cm³/mol. The Bertz CT molecular complexity index is 567. The normalized spacial score (nSPS) is 10.5. The lowest BCUT2D eigenvalue weighted by atomic mass is 10.3. The van der Waals surface area contributed by atoms with Gasteiger partial charge in [-0.15, -0.1) is 0 Å². The minimum atomic E-state index is -0.751. The number of nitrogens with one attached hydrogen (secondary N) is 1. The van der Waals surface area contributed by atoms with E-state index in [9.17, 15) is 9.59 Å². The maximum absolute atomic E-state index is 11.1. The highest BCUT2D eigenvalue weighted by Crippen LogP contribution is 2.03. The third-order valence-corrected chi connectivity index (χ3v) is 1.82. The molecule has 3 N–H and O–H groups in total. The Balaban J connectivity index is 3.11. The molecule has 0 bridgehead atoms. The van der Waals surface area contributed by atoms with Gasteiger partial charge in [0.2, 0.25) is 0 Å². The van der Waals surface area contributed by atoms with Crippen LogP contribution in [0.25, 0.3) is 11.0 Å². The molecule has 0 amide bonds. The lowest BCUT2D eigenvalue weighted by Gasteiger charge is -2.01. The number of fused-ring (bicyclic) bond motifs is 1. The maximum atomic E-state index is 11.1. The number of H-pyrrole nitrogens is 1. The van der Waals surface area contributed by atoms with Gasteiger partial charge in [-0.25, -0.2) is 4.68 Å². The monoisotopic (exact) mass is 177 g/mol. The van der Waals surface area contributed by atoms with Crippen molar-refractivity contribution in [1.29, 1.82) is 0 Å². The fourth-order valence-electron chi connectivity index (χ4n) is 1.18. The number of benzene rings is 1. The highest BCUT2D eigenvalue weighted by molar-refractivity contribution is 5.74. The highest BCUT2D eigenvalue weighted by Gasteiger charge is 2.02. The van der Waals surface area contributed by atoms with Crippen LogP contribution in [0.2, 0.25) is 0 Å². The van der Waals surface area contributed by atoms with Gasteiger partial charge in [-0.3, -0.25) is 9.59 Å². The zero-order valence-electron chi connectivity index (χ0n) is 6.65. The van der Waals surface area contributed by atoms with Crippen LogP contribution in [0.3, 0.4) is 0 Å². The van der Waals surface area contributed by atoms with Crippen molar-refractivity contribution in [3.05, 3.63) is 45.0 Å². The molecule has 13 heavy (non-hydrogen) atoms. The van der Waals surface area contributed by atoms with Crippen molar-refractivity contribution in [2.45, 2.75) is 0 Å². The summed E-state index contributed by atoms with van der Waals surface area (Å²) in [6, 6.07) is 6.83. The van der Waals surface area contributed by atoms with E-state index < -0.39 is 11.1 Å². The average Bonchev–Trinajstić information content (AvgIpc) is 2.15. The summed E-state index contributed by atoms with van der Waals surface area (Å²) in [4.78, 5) is 24.5. The third kappa shape index (κ3) is 1.01. The summed E-state index contributed by atoms with van der Waals surface area (Å²) in [5, 5.41) is 0. The number of nitrogens with two attached hydrogens (primary N) is 1. The first kappa shape index (κ1) is 7.60. The zero-order chi connectivity index (χ0) is 9.42. The second kappa shape index (κ2) is 2.48. The van der Waals surface area contributed by atoms with Crippen molar-refractivity contribution < 1.29 is 0 Å². The quantitative estimate of drug-likeness (QED) is 0.416. The smallest absolute Gasteiger partial charge is 0.334 e. The molecule has 2 aromatic rings. The fourth-order valence-corrected chi connectivity index (χ4v) is 1.18. The number of hydrogen-bond acceptors (Lipinski definition) is 3. The Morgan fingerprint density at radius 1 is 1.23 bits per heavy atom. The van der Waals surface area contributed by atoms with Gasteiger partial charge in [0.15, 0.2) is 0 Å². The van der Waals surface area contributed by atoms with Crippen LogP contribution in [-0.4, -0.2) is 9.66 Å². The first-order valence-corrected chi connectivity index (χ1v) is 3.69. The summed E-state index contributed by atoms with van der Waals surface area (Å²) in [6.07, 6.45) is 0. The molecule has 1 heterocycles. The van der Waals surface area contributed by atoms with Crippen molar-refractivity contribution in [3.63, 3.8) is 0 Å². The summed E-state index contributed by atoms with van der Waals surface area (Å²) in [7, 11) is 0. The van der Waals surface area contributed by atoms with Gasteiger partial charge in [-0.1, -0.05) is 12.1 Å².